The molecule has 0 spiro atoms. The summed E-state index contributed by atoms with van der Waals surface area (Å²) in [5.41, 5.74) is 2.93. The van der Waals surface area contributed by atoms with E-state index >= 15 is 0 Å². The summed E-state index contributed by atoms with van der Waals surface area (Å²) in [6.07, 6.45) is 3.22. The summed E-state index contributed by atoms with van der Waals surface area (Å²) in [5, 5.41) is 1.07. The molecule has 0 N–H and O–H groups in total. The molecule has 1 saturated heterocycles. The van der Waals surface area contributed by atoms with Crippen LogP contribution in [0.25, 0.3) is 10.2 Å². The Morgan fingerprint density at radius 2 is 2.04 bits per heavy atom. The van der Waals surface area contributed by atoms with E-state index in [0.717, 1.165) is 47.5 Å². The molecular formula is C20H20N2OS. The summed E-state index contributed by atoms with van der Waals surface area (Å²) in [6, 6.07) is 16.2. The third kappa shape index (κ3) is 2.82. The fraction of sp³-hybridized carbons (Fsp3) is 0.300. The standard InChI is InChI=1S/C20H20N2OS/c1-14-7-6-8-15(13-14)20(23)22-12-5-4-10-17(22)19-21-16-9-2-3-11-18(16)24-19/h2-3,6-9,11,13,17H,4-5,10,12H2,1H3/t17-/m1/s1. The average molecular weight is 336 g/mol. The molecule has 1 aromatic heterocycles. The molecule has 0 unspecified atom stereocenters. The second-order valence-corrected chi connectivity index (χ2v) is 7.46. The van der Waals surface area contributed by atoms with Crippen LogP contribution in [0.5, 0.6) is 0 Å². The number of fused-ring (bicyclic) bond motifs is 1. The van der Waals surface area contributed by atoms with Gasteiger partial charge in [0.15, 0.2) is 0 Å². The minimum Gasteiger partial charge on any atom is -0.329 e. The molecule has 1 aliphatic heterocycles. The summed E-state index contributed by atoms with van der Waals surface area (Å²) >= 11 is 1.72. The van der Waals surface area contributed by atoms with Gasteiger partial charge in [0.1, 0.15) is 5.01 Å². The molecule has 24 heavy (non-hydrogen) atoms. The average Bonchev–Trinajstić information content (AvgIpc) is 3.05. The van der Waals surface area contributed by atoms with Gasteiger partial charge in [-0.25, -0.2) is 4.98 Å². The fourth-order valence-corrected chi connectivity index (χ4v) is 4.52. The highest BCUT2D eigenvalue weighted by atomic mass is 32.1. The highest BCUT2D eigenvalue weighted by Gasteiger charge is 2.30. The minimum atomic E-state index is 0.101. The lowest BCUT2D eigenvalue weighted by atomic mass is 10.0. The van der Waals surface area contributed by atoms with E-state index in [2.05, 4.69) is 6.07 Å². The van der Waals surface area contributed by atoms with Gasteiger partial charge in [-0.15, -0.1) is 11.3 Å². The molecule has 0 aliphatic carbocycles. The highest BCUT2D eigenvalue weighted by Crippen LogP contribution is 2.36. The summed E-state index contributed by atoms with van der Waals surface area (Å²) in [5.74, 6) is 0.127. The molecule has 1 atom stereocenters. The number of thiazole rings is 1. The number of likely N-dealkylation sites (tertiary alicyclic amines) is 1. The van der Waals surface area contributed by atoms with E-state index in [-0.39, 0.29) is 11.9 Å². The van der Waals surface area contributed by atoms with E-state index in [1.165, 1.54) is 4.70 Å². The number of para-hydroxylation sites is 1. The molecule has 3 nitrogen and oxygen atoms in total. The number of amides is 1. The van der Waals surface area contributed by atoms with Crippen LogP contribution in [0.15, 0.2) is 48.5 Å². The fourth-order valence-electron chi connectivity index (χ4n) is 3.41. The molecule has 122 valence electrons. The summed E-state index contributed by atoms with van der Waals surface area (Å²) in [4.78, 5) is 19.9. The lowest BCUT2D eigenvalue weighted by Crippen LogP contribution is -2.38. The third-order valence-electron chi connectivity index (χ3n) is 4.62. The SMILES string of the molecule is Cc1cccc(C(=O)N2CCCC[C@@H]2c2nc3ccccc3s2)c1. The van der Waals surface area contributed by atoms with Crippen LogP contribution in [0.2, 0.25) is 0 Å². The van der Waals surface area contributed by atoms with Crippen molar-refractivity contribution in [2.75, 3.05) is 6.54 Å². The van der Waals surface area contributed by atoms with Gasteiger partial charge in [0.05, 0.1) is 16.3 Å². The second kappa shape index (κ2) is 6.36. The van der Waals surface area contributed by atoms with Gasteiger partial charge in [-0.2, -0.15) is 0 Å². The van der Waals surface area contributed by atoms with E-state index < -0.39 is 0 Å². The number of benzene rings is 2. The zero-order valence-corrected chi connectivity index (χ0v) is 14.6. The smallest absolute Gasteiger partial charge is 0.254 e. The zero-order valence-electron chi connectivity index (χ0n) is 13.7. The van der Waals surface area contributed by atoms with Gasteiger partial charge in [0.25, 0.3) is 5.91 Å². The number of hydrogen-bond acceptors (Lipinski definition) is 3. The van der Waals surface area contributed by atoms with E-state index in [0.29, 0.717) is 0 Å². The maximum atomic E-state index is 13.1. The first kappa shape index (κ1) is 15.3. The van der Waals surface area contributed by atoms with Crippen molar-refractivity contribution in [2.45, 2.75) is 32.2 Å². The number of aryl methyl sites for hydroxylation is 1. The first-order valence-electron chi connectivity index (χ1n) is 8.45. The van der Waals surface area contributed by atoms with Crippen molar-refractivity contribution in [3.05, 3.63) is 64.7 Å². The number of hydrogen-bond donors (Lipinski definition) is 0. The van der Waals surface area contributed by atoms with Crippen LogP contribution in [0, 0.1) is 6.92 Å². The lowest BCUT2D eigenvalue weighted by molar-refractivity contribution is 0.0611. The monoisotopic (exact) mass is 336 g/mol. The normalized spacial score (nSPS) is 18.0. The number of carbonyl (C=O) groups is 1. The quantitative estimate of drug-likeness (QED) is 0.662. The van der Waals surface area contributed by atoms with Crippen LogP contribution in [0.4, 0.5) is 0 Å². The maximum absolute atomic E-state index is 13.1. The van der Waals surface area contributed by atoms with Crippen LogP contribution >= 0.6 is 11.3 Å². The van der Waals surface area contributed by atoms with E-state index in [4.69, 9.17) is 4.98 Å². The molecule has 1 amide bonds. The number of aromatic nitrogens is 1. The Morgan fingerprint density at radius 3 is 2.88 bits per heavy atom. The van der Waals surface area contributed by atoms with E-state index in [9.17, 15) is 4.79 Å². The molecule has 0 radical (unpaired) electrons. The number of piperidine rings is 1. The van der Waals surface area contributed by atoms with Crippen molar-refractivity contribution >= 4 is 27.5 Å². The molecule has 4 rings (SSSR count). The minimum absolute atomic E-state index is 0.101. The lowest BCUT2D eigenvalue weighted by Gasteiger charge is -2.34. The number of rotatable bonds is 2. The predicted molar refractivity (Wildman–Crippen MR) is 98.4 cm³/mol. The van der Waals surface area contributed by atoms with Gasteiger partial charge < -0.3 is 4.90 Å². The molecular weight excluding hydrogens is 316 g/mol. The molecule has 2 heterocycles. The second-order valence-electron chi connectivity index (χ2n) is 6.40. The topological polar surface area (TPSA) is 33.2 Å². The van der Waals surface area contributed by atoms with Crippen LogP contribution in [0.3, 0.4) is 0 Å². The summed E-state index contributed by atoms with van der Waals surface area (Å²) in [7, 11) is 0. The molecule has 1 fully saturated rings. The third-order valence-corrected chi connectivity index (χ3v) is 5.76. The largest absolute Gasteiger partial charge is 0.329 e. The molecule has 4 heteroatoms. The van der Waals surface area contributed by atoms with Crippen LogP contribution in [-0.4, -0.2) is 22.3 Å². The van der Waals surface area contributed by atoms with Gasteiger partial charge >= 0.3 is 0 Å². The maximum Gasteiger partial charge on any atom is 0.254 e. The van der Waals surface area contributed by atoms with Crippen molar-refractivity contribution in [1.29, 1.82) is 0 Å². The molecule has 0 saturated carbocycles. The first-order chi connectivity index (χ1) is 11.7. The number of carbonyl (C=O) groups excluding carboxylic acids is 1. The Morgan fingerprint density at radius 1 is 1.17 bits per heavy atom. The van der Waals surface area contributed by atoms with E-state index in [1.807, 2.05) is 54.3 Å². The highest BCUT2D eigenvalue weighted by molar-refractivity contribution is 7.18. The molecule has 1 aliphatic rings. The Labute approximate surface area is 146 Å². The van der Waals surface area contributed by atoms with Crippen molar-refractivity contribution in [3.8, 4) is 0 Å². The van der Waals surface area contributed by atoms with Crippen LogP contribution in [0.1, 0.15) is 46.2 Å². The van der Waals surface area contributed by atoms with Crippen molar-refractivity contribution in [1.82, 2.24) is 9.88 Å². The van der Waals surface area contributed by atoms with Gasteiger partial charge in [-0.1, -0.05) is 29.8 Å². The molecule has 0 bridgehead atoms. The van der Waals surface area contributed by atoms with Crippen LogP contribution in [-0.2, 0) is 0 Å². The Kier molecular flexibility index (Phi) is 4.07. The van der Waals surface area contributed by atoms with Crippen molar-refractivity contribution in [3.63, 3.8) is 0 Å². The van der Waals surface area contributed by atoms with Crippen molar-refractivity contribution in [2.24, 2.45) is 0 Å². The van der Waals surface area contributed by atoms with Crippen molar-refractivity contribution < 1.29 is 4.79 Å². The Balaban J connectivity index is 1.69. The van der Waals surface area contributed by atoms with Gasteiger partial charge in [-0.3, -0.25) is 4.79 Å². The summed E-state index contributed by atoms with van der Waals surface area (Å²) < 4.78 is 1.20. The van der Waals surface area contributed by atoms with Crippen LogP contribution < -0.4 is 0 Å². The first-order valence-corrected chi connectivity index (χ1v) is 9.27. The van der Waals surface area contributed by atoms with Gasteiger partial charge in [0, 0.05) is 12.1 Å². The summed E-state index contributed by atoms with van der Waals surface area (Å²) in [6.45, 7) is 2.84. The van der Waals surface area contributed by atoms with Gasteiger partial charge in [0.2, 0.25) is 0 Å². The Bertz CT molecular complexity index is 853. The van der Waals surface area contributed by atoms with Gasteiger partial charge in [-0.05, 0) is 50.5 Å². The van der Waals surface area contributed by atoms with E-state index in [1.54, 1.807) is 11.3 Å². The number of nitrogens with zero attached hydrogens (tertiary/aromatic N) is 2. The zero-order chi connectivity index (χ0) is 16.5. The Hall–Kier alpha value is -2.20. The molecule has 3 aromatic rings. The molecule has 2 aromatic carbocycles. The predicted octanol–water partition coefficient (Wildman–Crippen LogP) is 4.97.